The first-order chi connectivity index (χ1) is 7.15. The molecule has 0 fully saturated rings. The van der Waals surface area contributed by atoms with Crippen molar-refractivity contribution in [3.8, 4) is 5.75 Å². The van der Waals surface area contributed by atoms with Gasteiger partial charge in [0, 0.05) is 5.69 Å². The summed E-state index contributed by atoms with van der Waals surface area (Å²) in [5, 5.41) is 8.94. The van der Waals surface area contributed by atoms with Crippen LogP contribution in [-0.4, -0.2) is 22.7 Å². The molecule has 1 N–H and O–H groups in total. The number of pyridine rings is 1. The summed E-state index contributed by atoms with van der Waals surface area (Å²) in [6.07, 6.45) is 3.39. The van der Waals surface area contributed by atoms with Crippen LogP contribution in [-0.2, 0) is 0 Å². The quantitative estimate of drug-likeness (QED) is 0.756. The van der Waals surface area contributed by atoms with Gasteiger partial charge in [0.15, 0.2) is 5.75 Å². The van der Waals surface area contributed by atoms with Crippen LogP contribution < -0.4 is 4.74 Å². The zero-order chi connectivity index (χ0) is 11.3. The maximum atomic E-state index is 10.9. The smallest absolute Gasteiger partial charge is 0.339 e. The molecule has 0 amide bonds. The molecule has 1 aromatic rings. The Balaban J connectivity index is 2.81. The first-order valence-electron chi connectivity index (χ1n) is 4.98. The van der Waals surface area contributed by atoms with Crippen LogP contribution in [0.2, 0.25) is 0 Å². The lowest BCUT2D eigenvalue weighted by Gasteiger charge is -2.08. The molecule has 0 aliphatic rings. The van der Waals surface area contributed by atoms with Crippen molar-refractivity contribution in [2.45, 2.75) is 26.7 Å². The van der Waals surface area contributed by atoms with Gasteiger partial charge in [0.2, 0.25) is 0 Å². The Bertz CT molecular complexity index is 350. The predicted molar refractivity (Wildman–Crippen MR) is 56.3 cm³/mol. The fourth-order valence-electron chi connectivity index (χ4n) is 1.16. The fourth-order valence-corrected chi connectivity index (χ4v) is 1.16. The molecule has 1 heterocycles. The summed E-state index contributed by atoms with van der Waals surface area (Å²) >= 11 is 0. The number of hydrogen-bond acceptors (Lipinski definition) is 3. The summed E-state index contributed by atoms with van der Waals surface area (Å²) in [6.45, 7) is 4.33. The minimum atomic E-state index is -0.980. The Morgan fingerprint density at radius 3 is 2.93 bits per heavy atom. The Morgan fingerprint density at radius 1 is 1.60 bits per heavy atom. The van der Waals surface area contributed by atoms with Gasteiger partial charge in [-0.3, -0.25) is 4.98 Å². The molecule has 0 unspecified atom stereocenters. The number of hydrogen-bond donors (Lipinski definition) is 1. The molecule has 0 atom stereocenters. The second-order valence-electron chi connectivity index (χ2n) is 3.33. The summed E-state index contributed by atoms with van der Waals surface area (Å²) < 4.78 is 5.35. The van der Waals surface area contributed by atoms with Crippen molar-refractivity contribution in [1.29, 1.82) is 0 Å². The largest absolute Gasteiger partial charge is 0.491 e. The Kier molecular flexibility index (Phi) is 4.09. The van der Waals surface area contributed by atoms with E-state index in [4.69, 9.17) is 9.84 Å². The minimum absolute atomic E-state index is 0.179. The van der Waals surface area contributed by atoms with E-state index in [0.717, 1.165) is 12.8 Å². The number of ether oxygens (including phenoxy) is 1. The van der Waals surface area contributed by atoms with Crippen LogP contribution in [0.5, 0.6) is 5.75 Å². The third-order valence-corrected chi connectivity index (χ3v) is 1.99. The van der Waals surface area contributed by atoms with Crippen LogP contribution in [0.1, 0.15) is 35.8 Å². The van der Waals surface area contributed by atoms with Gasteiger partial charge in [0.1, 0.15) is 5.56 Å². The van der Waals surface area contributed by atoms with Crippen LogP contribution in [0.25, 0.3) is 0 Å². The molecular weight excluding hydrogens is 194 g/mol. The number of carbonyl (C=O) groups is 1. The van der Waals surface area contributed by atoms with Gasteiger partial charge in [-0.1, -0.05) is 13.3 Å². The van der Waals surface area contributed by atoms with E-state index >= 15 is 0 Å². The van der Waals surface area contributed by atoms with Crippen molar-refractivity contribution in [1.82, 2.24) is 4.98 Å². The lowest BCUT2D eigenvalue weighted by atomic mass is 10.2. The molecule has 0 spiro atoms. The number of rotatable bonds is 5. The van der Waals surface area contributed by atoms with Crippen molar-refractivity contribution in [3.63, 3.8) is 0 Å². The van der Waals surface area contributed by atoms with Gasteiger partial charge in [-0.05, 0) is 19.4 Å². The van der Waals surface area contributed by atoms with Crippen molar-refractivity contribution >= 4 is 5.97 Å². The van der Waals surface area contributed by atoms with E-state index in [0.29, 0.717) is 18.1 Å². The van der Waals surface area contributed by atoms with Crippen LogP contribution >= 0.6 is 0 Å². The van der Waals surface area contributed by atoms with E-state index in [9.17, 15) is 4.79 Å². The zero-order valence-corrected chi connectivity index (χ0v) is 8.99. The van der Waals surface area contributed by atoms with E-state index in [1.54, 1.807) is 6.92 Å². The average molecular weight is 209 g/mol. The van der Waals surface area contributed by atoms with Crippen LogP contribution in [0.3, 0.4) is 0 Å². The molecule has 0 aliphatic carbocycles. The number of carboxylic acids is 1. The first kappa shape index (κ1) is 11.5. The van der Waals surface area contributed by atoms with E-state index < -0.39 is 5.97 Å². The van der Waals surface area contributed by atoms with Crippen molar-refractivity contribution in [3.05, 3.63) is 23.5 Å². The van der Waals surface area contributed by atoms with E-state index in [1.807, 2.05) is 0 Å². The lowest BCUT2D eigenvalue weighted by molar-refractivity contribution is 0.0692. The van der Waals surface area contributed by atoms with Crippen molar-refractivity contribution in [2.24, 2.45) is 0 Å². The number of carboxylic acid groups (broad SMARTS) is 1. The van der Waals surface area contributed by atoms with Gasteiger partial charge in [-0.15, -0.1) is 0 Å². The molecule has 0 saturated carbocycles. The topological polar surface area (TPSA) is 59.4 Å². The highest BCUT2D eigenvalue weighted by molar-refractivity contribution is 5.90. The molecular formula is C11H15NO3. The highest BCUT2D eigenvalue weighted by atomic mass is 16.5. The van der Waals surface area contributed by atoms with Crippen molar-refractivity contribution in [2.75, 3.05) is 6.61 Å². The van der Waals surface area contributed by atoms with E-state index in [-0.39, 0.29) is 5.56 Å². The standard InChI is InChI=1S/C11H15NO3/c1-3-4-5-15-10-7-12-8(2)6-9(10)11(13)14/h6-7H,3-5H2,1-2H3,(H,13,14). The molecule has 4 nitrogen and oxygen atoms in total. The third kappa shape index (κ3) is 3.23. The number of aromatic carboxylic acids is 1. The molecule has 82 valence electrons. The van der Waals surface area contributed by atoms with E-state index in [1.165, 1.54) is 12.3 Å². The summed E-state index contributed by atoms with van der Waals surface area (Å²) in [5.74, 6) is -0.631. The van der Waals surface area contributed by atoms with Gasteiger partial charge < -0.3 is 9.84 Å². The number of aromatic nitrogens is 1. The molecule has 0 bridgehead atoms. The summed E-state index contributed by atoms with van der Waals surface area (Å²) in [4.78, 5) is 14.9. The molecule has 0 aromatic carbocycles. The summed E-state index contributed by atoms with van der Waals surface area (Å²) in [6, 6.07) is 1.52. The van der Waals surface area contributed by atoms with Gasteiger partial charge in [-0.2, -0.15) is 0 Å². The molecule has 15 heavy (non-hydrogen) atoms. The lowest BCUT2D eigenvalue weighted by Crippen LogP contribution is -2.05. The first-order valence-corrected chi connectivity index (χ1v) is 4.98. The second-order valence-corrected chi connectivity index (χ2v) is 3.33. The zero-order valence-electron chi connectivity index (χ0n) is 8.99. The average Bonchev–Trinajstić information content (AvgIpc) is 2.20. The number of nitrogens with zero attached hydrogens (tertiary/aromatic N) is 1. The maximum absolute atomic E-state index is 10.9. The Labute approximate surface area is 88.9 Å². The number of unbranched alkanes of at least 4 members (excludes halogenated alkanes) is 1. The Morgan fingerprint density at radius 2 is 2.33 bits per heavy atom. The highest BCUT2D eigenvalue weighted by Crippen LogP contribution is 2.18. The van der Waals surface area contributed by atoms with E-state index in [2.05, 4.69) is 11.9 Å². The SMILES string of the molecule is CCCCOc1cnc(C)cc1C(=O)O. The summed E-state index contributed by atoms with van der Waals surface area (Å²) in [5.41, 5.74) is 0.855. The second kappa shape index (κ2) is 5.34. The van der Waals surface area contributed by atoms with Gasteiger partial charge in [0.25, 0.3) is 0 Å². The van der Waals surface area contributed by atoms with Gasteiger partial charge in [-0.25, -0.2) is 4.79 Å². The van der Waals surface area contributed by atoms with Crippen LogP contribution in [0, 0.1) is 6.92 Å². The van der Waals surface area contributed by atoms with Gasteiger partial charge in [0.05, 0.1) is 12.8 Å². The fraction of sp³-hybridized carbons (Fsp3) is 0.455. The molecule has 4 heteroatoms. The van der Waals surface area contributed by atoms with Crippen molar-refractivity contribution < 1.29 is 14.6 Å². The normalized spacial score (nSPS) is 10.0. The molecule has 1 aromatic heterocycles. The molecule has 0 radical (unpaired) electrons. The monoisotopic (exact) mass is 209 g/mol. The number of aryl methyl sites for hydroxylation is 1. The van der Waals surface area contributed by atoms with Crippen LogP contribution in [0.4, 0.5) is 0 Å². The predicted octanol–water partition coefficient (Wildman–Crippen LogP) is 2.27. The molecule has 0 saturated heterocycles. The third-order valence-electron chi connectivity index (χ3n) is 1.99. The molecule has 0 aliphatic heterocycles. The maximum Gasteiger partial charge on any atom is 0.339 e. The van der Waals surface area contributed by atoms with Crippen LogP contribution in [0.15, 0.2) is 12.3 Å². The minimum Gasteiger partial charge on any atom is -0.491 e. The highest BCUT2D eigenvalue weighted by Gasteiger charge is 2.11. The van der Waals surface area contributed by atoms with Gasteiger partial charge >= 0.3 is 5.97 Å². The Hall–Kier alpha value is -1.58. The molecule has 1 rings (SSSR count). The summed E-state index contributed by atoms with van der Waals surface area (Å²) in [7, 11) is 0.